The van der Waals surface area contributed by atoms with E-state index in [4.69, 9.17) is 0 Å². The van der Waals surface area contributed by atoms with Crippen molar-refractivity contribution in [3.05, 3.63) is 181 Å². The smallest absolute Gasteiger partial charge is 0.0134 e. The number of hydrogen-bond acceptors (Lipinski definition) is 0. The second kappa shape index (κ2) is 15.8. The fraction of sp³-hybridized carbons (Fsp3) is 0.200. The third-order valence-electron chi connectivity index (χ3n) is 9.73. The molecule has 2 heteroatoms. The molecule has 0 saturated heterocycles. The van der Waals surface area contributed by atoms with E-state index in [9.17, 15) is 0 Å². The van der Waals surface area contributed by atoms with Gasteiger partial charge in [0.2, 0.25) is 0 Å². The predicted molar refractivity (Wildman–Crippen MR) is 208 cm³/mol. The van der Waals surface area contributed by atoms with Crippen molar-refractivity contribution in [2.75, 3.05) is 0 Å². The molecule has 2 atom stereocenters. The van der Waals surface area contributed by atoms with E-state index >= 15 is 0 Å². The summed E-state index contributed by atoms with van der Waals surface area (Å²) >= 11 is 0. The second-order valence-electron chi connectivity index (χ2n) is 12.8. The van der Waals surface area contributed by atoms with Gasteiger partial charge in [0.1, 0.15) is 0 Å². The van der Waals surface area contributed by atoms with Crippen molar-refractivity contribution in [3.63, 3.8) is 0 Å². The van der Waals surface area contributed by atoms with E-state index in [0.29, 0.717) is 11.8 Å². The van der Waals surface area contributed by atoms with Gasteiger partial charge in [-0.25, -0.2) is 0 Å². The molecule has 47 heavy (non-hydrogen) atoms. The highest BCUT2D eigenvalue weighted by Crippen LogP contribution is 2.40. The Balaban J connectivity index is 1.14. The van der Waals surface area contributed by atoms with Gasteiger partial charge < -0.3 is 0 Å². The number of hydrogen-bond donors (Lipinski definition) is 0. The minimum atomic E-state index is -0.576. The standard InChI is InChI=1S/C45H44P2/c1-2-8-18-39(37-29-33-45(34-30-37)47(42-23-13-5-14-24-42)43-25-15-6-16-26-43)35-38(17-7-1)36-27-31-44(32-28-36)46(40-19-9-3-10-20-40)41-21-11-4-12-22-41/h3-6,9-16,19-34,38-39H,1-2,7-8,17-18,35H2. The molecular formula is C45H44P2. The third-order valence-corrected chi connectivity index (χ3v) is 14.6. The van der Waals surface area contributed by atoms with Crippen molar-refractivity contribution < 1.29 is 0 Å². The van der Waals surface area contributed by atoms with Crippen molar-refractivity contribution in [3.8, 4) is 0 Å². The van der Waals surface area contributed by atoms with Gasteiger partial charge in [0.15, 0.2) is 0 Å². The molecule has 7 rings (SSSR count). The lowest BCUT2D eigenvalue weighted by atomic mass is 9.81. The topological polar surface area (TPSA) is 0 Å². The first kappa shape index (κ1) is 31.8. The van der Waals surface area contributed by atoms with Crippen LogP contribution in [0.3, 0.4) is 0 Å². The fourth-order valence-corrected chi connectivity index (χ4v) is 11.9. The Kier molecular flexibility index (Phi) is 10.7. The van der Waals surface area contributed by atoms with Gasteiger partial charge in [-0.2, -0.15) is 0 Å². The van der Waals surface area contributed by atoms with Gasteiger partial charge in [-0.05, 0) is 89.9 Å². The molecule has 234 valence electrons. The number of rotatable bonds is 8. The molecule has 0 bridgehead atoms. The van der Waals surface area contributed by atoms with Crippen LogP contribution in [0, 0.1) is 0 Å². The third kappa shape index (κ3) is 7.84. The van der Waals surface area contributed by atoms with Crippen molar-refractivity contribution in [2.24, 2.45) is 0 Å². The van der Waals surface area contributed by atoms with Gasteiger partial charge >= 0.3 is 0 Å². The lowest BCUT2D eigenvalue weighted by Crippen LogP contribution is -2.21. The Bertz CT molecular complexity index is 1570. The molecule has 0 heterocycles. The van der Waals surface area contributed by atoms with Crippen LogP contribution < -0.4 is 31.8 Å². The summed E-state index contributed by atoms with van der Waals surface area (Å²) < 4.78 is 0. The molecule has 0 aliphatic heterocycles. The van der Waals surface area contributed by atoms with E-state index in [-0.39, 0.29) is 0 Å². The summed E-state index contributed by atoms with van der Waals surface area (Å²) in [5, 5.41) is 8.52. The van der Waals surface area contributed by atoms with Crippen molar-refractivity contribution in [2.45, 2.75) is 56.8 Å². The van der Waals surface area contributed by atoms with Crippen molar-refractivity contribution >= 4 is 47.7 Å². The Morgan fingerprint density at radius 2 is 0.574 bits per heavy atom. The minimum absolute atomic E-state index is 0.576. The first-order valence-corrected chi connectivity index (χ1v) is 20.0. The van der Waals surface area contributed by atoms with Crippen LogP contribution in [0.4, 0.5) is 0 Å². The largest absolute Gasteiger partial charge is 0.0622 e. The first-order valence-electron chi connectivity index (χ1n) is 17.3. The Labute approximate surface area is 284 Å². The molecule has 6 aromatic rings. The molecule has 1 aliphatic rings. The van der Waals surface area contributed by atoms with Gasteiger partial charge in [0.05, 0.1) is 0 Å². The van der Waals surface area contributed by atoms with Gasteiger partial charge in [-0.3, -0.25) is 0 Å². The van der Waals surface area contributed by atoms with Gasteiger partial charge in [0, 0.05) is 0 Å². The summed E-state index contributed by atoms with van der Waals surface area (Å²) in [6.07, 6.45) is 9.17. The van der Waals surface area contributed by atoms with Crippen LogP contribution >= 0.6 is 15.8 Å². The van der Waals surface area contributed by atoms with Gasteiger partial charge in [-0.1, -0.05) is 196 Å². The molecule has 0 radical (unpaired) electrons. The summed E-state index contributed by atoms with van der Waals surface area (Å²) in [5.41, 5.74) is 3.04. The SMILES string of the molecule is c1ccc(P(c2ccccc2)c2ccc(C3CCCCCCC(c4ccc(P(c5ccccc5)c5ccccc5)cc4)C3)cc2)cc1. The maximum absolute atomic E-state index is 2.46. The van der Waals surface area contributed by atoms with E-state index < -0.39 is 15.8 Å². The average molecular weight is 647 g/mol. The highest BCUT2D eigenvalue weighted by Gasteiger charge is 2.23. The molecular weight excluding hydrogens is 602 g/mol. The van der Waals surface area contributed by atoms with Crippen LogP contribution in [0.15, 0.2) is 170 Å². The molecule has 1 aliphatic carbocycles. The fourth-order valence-electron chi connectivity index (χ4n) is 7.31. The van der Waals surface area contributed by atoms with Crippen LogP contribution in [-0.4, -0.2) is 0 Å². The van der Waals surface area contributed by atoms with E-state index in [1.165, 1.54) is 87.9 Å². The Morgan fingerprint density at radius 3 is 0.872 bits per heavy atom. The zero-order valence-corrected chi connectivity index (χ0v) is 29.0. The van der Waals surface area contributed by atoms with Crippen LogP contribution in [0.25, 0.3) is 0 Å². The highest BCUT2D eigenvalue weighted by molar-refractivity contribution is 7.80. The van der Waals surface area contributed by atoms with Crippen molar-refractivity contribution in [1.29, 1.82) is 0 Å². The number of benzene rings is 6. The molecule has 1 saturated carbocycles. The second-order valence-corrected chi connectivity index (χ2v) is 17.3. The molecule has 1 fully saturated rings. The van der Waals surface area contributed by atoms with Crippen LogP contribution in [-0.2, 0) is 0 Å². The Morgan fingerprint density at radius 1 is 0.298 bits per heavy atom. The van der Waals surface area contributed by atoms with Crippen LogP contribution in [0.2, 0.25) is 0 Å². The first-order chi connectivity index (χ1) is 23.3. The zero-order chi connectivity index (χ0) is 31.7. The highest BCUT2D eigenvalue weighted by atomic mass is 31.1. The van der Waals surface area contributed by atoms with Crippen LogP contribution in [0.1, 0.15) is 67.9 Å². The summed E-state index contributed by atoms with van der Waals surface area (Å²) in [5.74, 6) is 1.19. The molecule has 0 N–H and O–H groups in total. The normalized spacial score (nSPS) is 17.1. The lowest BCUT2D eigenvalue weighted by Gasteiger charge is -2.25. The lowest BCUT2D eigenvalue weighted by molar-refractivity contribution is 0.489. The van der Waals surface area contributed by atoms with E-state index in [0.717, 1.165) is 0 Å². The summed E-state index contributed by atoms with van der Waals surface area (Å²) in [6, 6.07) is 63.9. The van der Waals surface area contributed by atoms with E-state index in [1.54, 1.807) is 0 Å². The predicted octanol–water partition coefficient (Wildman–Crippen LogP) is 9.81. The van der Waals surface area contributed by atoms with E-state index in [2.05, 4.69) is 170 Å². The van der Waals surface area contributed by atoms with Gasteiger partial charge in [0.25, 0.3) is 0 Å². The van der Waals surface area contributed by atoms with Crippen molar-refractivity contribution in [1.82, 2.24) is 0 Å². The van der Waals surface area contributed by atoms with Gasteiger partial charge in [-0.15, -0.1) is 0 Å². The Hall–Kier alpha value is -3.82. The average Bonchev–Trinajstić information content (AvgIpc) is 3.27. The molecule has 0 amide bonds. The maximum Gasteiger partial charge on any atom is -0.0134 e. The molecule has 0 spiro atoms. The van der Waals surface area contributed by atoms with Crippen LogP contribution in [0.5, 0.6) is 0 Å². The molecule has 0 nitrogen and oxygen atoms in total. The quantitative estimate of drug-likeness (QED) is 0.145. The molecule has 0 aromatic heterocycles. The summed E-state index contributed by atoms with van der Waals surface area (Å²) in [7, 11) is -1.15. The molecule has 2 unspecified atom stereocenters. The molecule has 6 aromatic carbocycles. The monoisotopic (exact) mass is 646 g/mol. The summed E-state index contributed by atoms with van der Waals surface area (Å²) in [4.78, 5) is 0. The van der Waals surface area contributed by atoms with E-state index in [1.807, 2.05) is 0 Å². The summed E-state index contributed by atoms with van der Waals surface area (Å²) in [6.45, 7) is 0. The zero-order valence-electron chi connectivity index (χ0n) is 27.2. The maximum atomic E-state index is 2.46. The minimum Gasteiger partial charge on any atom is -0.0622 e.